The van der Waals surface area contributed by atoms with Crippen LogP contribution in [0.25, 0.3) is 0 Å². The number of carbonyl (C=O) groups excluding carboxylic acids is 1. The topological polar surface area (TPSA) is 34.9 Å². The zero-order valence-corrected chi connectivity index (χ0v) is 11.8. The van der Waals surface area contributed by atoms with E-state index in [-0.39, 0.29) is 5.78 Å². The molecule has 0 unspecified atom stereocenters. The second-order valence-corrected chi connectivity index (χ2v) is 4.96. The molecular weight excluding hydrogens is 236 g/mol. The molecule has 0 bridgehead atoms. The summed E-state index contributed by atoms with van der Waals surface area (Å²) in [4.78, 5) is 16.5. The Morgan fingerprint density at radius 1 is 1.26 bits per heavy atom. The molecule has 0 amide bonds. The summed E-state index contributed by atoms with van der Waals surface area (Å²) in [5.41, 5.74) is 3.53. The fourth-order valence-corrected chi connectivity index (χ4v) is 2.16. The van der Waals surface area contributed by atoms with E-state index in [0.29, 0.717) is 12.2 Å². The second-order valence-electron chi connectivity index (χ2n) is 4.96. The Morgan fingerprint density at radius 2 is 2.05 bits per heavy atom. The Kier molecular flexibility index (Phi) is 4.15. The van der Waals surface area contributed by atoms with Gasteiger partial charge in [0.1, 0.15) is 0 Å². The lowest BCUT2D eigenvalue weighted by Crippen LogP contribution is -2.12. The number of hydrogen-bond donors (Lipinski definition) is 0. The van der Waals surface area contributed by atoms with Crippen LogP contribution in [0.2, 0.25) is 0 Å². The summed E-state index contributed by atoms with van der Waals surface area (Å²) in [5.74, 6) is 0.654. The molecule has 100 valence electrons. The lowest BCUT2D eigenvalue weighted by atomic mass is 10.0. The lowest BCUT2D eigenvalue weighted by Gasteiger charge is -2.07. The van der Waals surface area contributed by atoms with Gasteiger partial charge in [0, 0.05) is 25.4 Å². The van der Waals surface area contributed by atoms with E-state index in [9.17, 15) is 4.79 Å². The highest BCUT2D eigenvalue weighted by atomic mass is 16.1. The van der Waals surface area contributed by atoms with Gasteiger partial charge in [-0.05, 0) is 37.0 Å². The van der Waals surface area contributed by atoms with Crippen molar-refractivity contribution < 1.29 is 4.79 Å². The molecule has 0 aliphatic heterocycles. The fraction of sp³-hybridized carbons (Fsp3) is 0.375. The minimum atomic E-state index is 0.0849. The van der Waals surface area contributed by atoms with Crippen LogP contribution in [0.3, 0.4) is 0 Å². The monoisotopic (exact) mass is 256 g/mol. The summed E-state index contributed by atoms with van der Waals surface area (Å²) in [5, 5.41) is 0. The first-order valence-corrected chi connectivity index (χ1v) is 6.72. The van der Waals surface area contributed by atoms with Crippen molar-refractivity contribution in [1.82, 2.24) is 9.55 Å². The average molecular weight is 256 g/mol. The molecule has 19 heavy (non-hydrogen) atoms. The fourth-order valence-electron chi connectivity index (χ4n) is 2.16. The van der Waals surface area contributed by atoms with Crippen LogP contribution in [-0.2, 0) is 13.0 Å². The van der Waals surface area contributed by atoms with Gasteiger partial charge in [-0.25, -0.2) is 4.98 Å². The smallest absolute Gasteiger partial charge is 0.202 e. The molecule has 0 aliphatic carbocycles. The maximum Gasteiger partial charge on any atom is 0.202 e. The molecule has 3 heteroatoms. The van der Waals surface area contributed by atoms with Crippen molar-refractivity contribution in [3.63, 3.8) is 0 Å². The zero-order valence-electron chi connectivity index (χ0n) is 11.8. The van der Waals surface area contributed by atoms with Gasteiger partial charge < -0.3 is 4.57 Å². The lowest BCUT2D eigenvalue weighted by molar-refractivity contribution is 0.0979. The Balaban J connectivity index is 2.16. The van der Waals surface area contributed by atoms with Gasteiger partial charge in [-0.1, -0.05) is 25.1 Å². The van der Waals surface area contributed by atoms with Gasteiger partial charge in [-0.3, -0.25) is 4.79 Å². The zero-order chi connectivity index (χ0) is 13.8. The molecule has 0 saturated carbocycles. The van der Waals surface area contributed by atoms with Crippen LogP contribution in [-0.4, -0.2) is 15.3 Å². The summed E-state index contributed by atoms with van der Waals surface area (Å²) in [6.07, 6.45) is 4.99. The highest BCUT2D eigenvalue weighted by molar-refractivity contribution is 5.94. The summed E-state index contributed by atoms with van der Waals surface area (Å²) in [6, 6.07) is 6.17. The van der Waals surface area contributed by atoms with Crippen molar-refractivity contribution >= 4 is 5.78 Å². The molecule has 0 saturated heterocycles. The minimum absolute atomic E-state index is 0.0849. The Labute approximate surface area is 114 Å². The SMILES string of the molecule is CCCn1ccnc1C(=O)Cc1ccc(C)c(C)c1. The third kappa shape index (κ3) is 3.11. The molecule has 2 aromatic rings. The van der Waals surface area contributed by atoms with Gasteiger partial charge in [-0.2, -0.15) is 0 Å². The van der Waals surface area contributed by atoms with E-state index in [1.165, 1.54) is 11.1 Å². The molecule has 0 fully saturated rings. The molecule has 3 nitrogen and oxygen atoms in total. The first-order valence-electron chi connectivity index (χ1n) is 6.72. The van der Waals surface area contributed by atoms with Crippen molar-refractivity contribution in [2.24, 2.45) is 0 Å². The number of nitrogens with zero attached hydrogens (tertiary/aromatic N) is 2. The normalized spacial score (nSPS) is 10.7. The Bertz CT molecular complexity index is 584. The number of Topliss-reactive ketones (excluding diaryl/α,β-unsaturated/α-hetero) is 1. The van der Waals surface area contributed by atoms with Gasteiger partial charge in [-0.15, -0.1) is 0 Å². The van der Waals surface area contributed by atoms with E-state index in [4.69, 9.17) is 0 Å². The van der Waals surface area contributed by atoms with Crippen molar-refractivity contribution in [1.29, 1.82) is 0 Å². The second kappa shape index (κ2) is 5.83. The van der Waals surface area contributed by atoms with Crippen LogP contribution in [0.15, 0.2) is 30.6 Å². The van der Waals surface area contributed by atoms with Crippen LogP contribution >= 0.6 is 0 Å². The average Bonchev–Trinajstić information content (AvgIpc) is 2.83. The van der Waals surface area contributed by atoms with E-state index in [0.717, 1.165) is 18.5 Å². The Hall–Kier alpha value is -1.90. The van der Waals surface area contributed by atoms with E-state index >= 15 is 0 Å². The third-order valence-electron chi connectivity index (χ3n) is 3.37. The molecule has 0 N–H and O–H groups in total. The van der Waals surface area contributed by atoms with Crippen LogP contribution < -0.4 is 0 Å². The highest BCUT2D eigenvalue weighted by Gasteiger charge is 2.13. The van der Waals surface area contributed by atoms with E-state index in [1.807, 2.05) is 16.8 Å². The predicted molar refractivity (Wildman–Crippen MR) is 76.5 cm³/mol. The van der Waals surface area contributed by atoms with Gasteiger partial charge in [0.15, 0.2) is 5.82 Å². The van der Waals surface area contributed by atoms with Crippen molar-refractivity contribution in [3.05, 3.63) is 53.1 Å². The molecule has 0 atom stereocenters. The summed E-state index contributed by atoms with van der Waals surface area (Å²) >= 11 is 0. The van der Waals surface area contributed by atoms with E-state index < -0.39 is 0 Å². The number of aromatic nitrogens is 2. The number of imidazole rings is 1. The maximum atomic E-state index is 12.3. The summed E-state index contributed by atoms with van der Waals surface area (Å²) in [7, 11) is 0. The van der Waals surface area contributed by atoms with Crippen LogP contribution in [0.4, 0.5) is 0 Å². The van der Waals surface area contributed by atoms with Gasteiger partial charge in [0.2, 0.25) is 5.78 Å². The molecule has 1 aromatic carbocycles. The minimum Gasteiger partial charge on any atom is -0.329 e. The van der Waals surface area contributed by atoms with E-state index in [2.05, 4.69) is 37.9 Å². The van der Waals surface area contributed by atoms with Crippen LogP contribution in [0.1, 0.15) is 40.7 Å². The maximum absolute atomic E-state index is 12.3. The molecule has 2 rings (SSSR count). The van der Waals surface area contributed by atoms with Gasteiger partial charge in [0.25, 0.3) is 0 Å². The van der Waals surface area contributed by atoms with E-state index in [1.54, 1.807) is 6.20 Å². The predicted octanol–water partition coefficient (Wildman–Crippen LogP) is 3.34. The number of hydrogen-bond acceptors (Lipinski definition) is 2. The molecule has 1 heterocycles. The standard InChI is InChI=1S/C16H20N2O/c1-4-8-18-9-7-17-16(18)15(19)11-14-6-5-12(2)13(3)10-14/h5-7,9-10H,4,8,11H2,1-3H3. The van der Waals surface area contributed by atoms with Crippen molar-refractivity contribution in [3.8, 4) is 0 Å². The van der Waals surface area contributed by atoms with Gasteiger partial charge in [0.05, 0.1) is 0 Å². The largest absolute Gasteiger partial charge is 0.329 e. The molecule has 1 aromatic heterocycles. The third-order valence-corrected chi connectivity index (χ3v) is 3.37. The van der Waals surface area contributed by atoms with Gasteiger partial charge >= 0.3 is 0 Å². The van der Waals surface area contributed by atoms with Crippen LogP contribution in [0.5, 0.6) is 0 Å². The number of aryl methyl sites for hydroxylation is 3. The Morgan fingerprint density at radius 3 is 2.74 bits per heavy atom. The number of rotatable bonds is 5. The number of benzene rings is 1. The number of carbonyl (C=O) groups is 1. The highest BCUT2D eigenvalue weighted by Crippen LogP contribution is 2.12. The summed E-state index contributed by atoms with van der Waals surface area (Å²) in [6.45, 7) is 7.09. The molecule has 0 radical (unpaired) electrons. The van der Waals surface area contributed by atoms with Crippen molar-refractivity contribution in [2.75, 3.05) is 0 Å². The molecule has 0 spiro atoms. The summed E-state index contributed by atoms with van der Waals surface area (Å²) < 4.78 is 1.93. The van der Waals surface area contributed by atoms with Crippen molar-refractivity contribution in [2.45, 2.75) is 40.2 Å². The first-order chi connectivity index (χ1) is 9.11. The quantitative estimate of drug-likeness (QED) is 0.769. The number of ketones is 1. The first kappa shape index (κ1) is 13.5. The van der Waals surface area contributed by atoms with Crippen LogP contribution in [0, 0.1) is 13.8 Å². The molecular formula is C16H20N2O. The molecule has 0 aliphatic rings.